The van der Waals surface area contributed by atoms with Crippen LogP contribution in [0.5, 0.6) is 5.75 Å². The number of hydrogen-bond acceptors (Lipinski definition) is 11. The van der Waals surface area contributed by atoms with Gasteiger partial charge < -0.3 is 18.6 Å². The summed E-state index contributed by atoms with van der Waals surface area (Å²) < 4.78 is 93.9. The van der Waals surface area contributed by atoms with Gasteiger partial charge in [0.1, 0.15) is 34.3 Å². The van der Waals surface area contributed by atoms with Crippen molar-refractivity contribution in [3.05, 3.63) is 68.4 Å². The molecule has 4 atom stereocenters. The van der Waals surface area contributed by atoms with Crippen molar-refractivity contribution in [3.63, 3.8) is 0 Å². The molecule has 3 aliphatic rings. The van der Waals surface area contributed by atoms with E-state index < -0.39 is 68.6 Å². The number of sulfonamides is 1. The van der Waals surface area contributed by atoms with Crippen molar-refractivity contribution in [1.29, 1.82) is 0 Å². The number of alkyl halides is 2. The number of nitrogens with one attached hydrogen (secondary N) is 1. The van der Waals surface area contributed by atoms with Gasteiger partial charge in [0, 0.05) is 5.56 Å². The van der Waals surface area contributed by atoms with E-state index in [4.69, 9.17) is 18.6 Å². The first-order valence-electron chi connectivity index (χ1n) is 16.8. The molecule has 0 spiro atoms. The number of carbonyl (C=O) groups is 1. The van der Waals surface area contributed by atoms with E-state index >= 15 is 0 Å². The summed E-state index contributed by atoms with van der Waals surface area (Å²) in [6.07, 6.45) is 3.99. The molecule has 3 aromatic heterocycles. The van der Waals surface area contributed by atoms with E-state index in [1.165, 1.54) is 33.2 Å². The zero-order valence-electron chi connectivity index (χ0n) is 28.7. The molecule has 2 aliphatic heterocycles. The third-order valence-electron chi connectivity index (χ3n) is 10.3. The van der Waals surface area contributed by atoms with Gasteiger partial charge in [0.05, 0.1) is 46.1 Å². The van der Waals surface area contributed by atoms with Crippen molar-refractivity contribution in [2.45, 2.75) is 114 Å². The van der Waals surface area contributed by atoms with E-state index in [0.29, 0.717) is 40.7 Å². The smallest absolute Gasteiger partial charge is 0.387 e. The van der Waals surface area contributed by atoms with Crippen molar-refractivity contribution in [2.24, 2.45) is 0 Å². The topological polar surface area (TPSA) is 161 Å². The molecule has 1 aliphatic carbocycles. The van der Waals surface area contributed by atoms with E-state index in [1.54, 1.807) is 6.92 Å². The Morgan fingerprint density at radius 3 is 2.50 bits per heavy atom. The number of aryl methyl sites for hydroxylation is 1. The average Bonchev–Trinajstić information content (AvgIpc) is 3.35. The molecule has 18 heteroatoms. The number of amides is 1. The number of halogens is 3. The van der Waals surface area contributed by atoms with Crippen LogP contribution in [-0.4, -0.2) is 58.1 Å². The fourth-order valence-electron chi connectivity index (χ4n) is 6.96. The van der Waals surface area contributed by atoms with E-state index in [9.17, 15) is 36.0 Å². The first-order valence-corrected chi connectivity index (χ1v) is 19.1. The van der Waals surface area contributed by atoms with Crippen molar-refractivity contribution < 1.29 is 45.0 Å². The van der Waals surface area contributed by atoms with Gasteiger partial charge >= 0.3 is 12.3 Å². The van der Waals surface area contributed by atoms with Gasteiger partial charge in [-0.1, -0.05) is 0 Å². The molecule has 1 saturated carbocycles. The lowest BCUT2D eigenvalue weighted by atomic mass is 10.0. The molecule has 7 rings (SSSR count). The molecule has 52 heavy (non-hydrogen) atoms. The molecule has 1 unspecified atom stereocenters. The number of rotatable bonds is 12. The Morgan fingerprint density at radius 2 is 1.88 bits per heavy atom. The number of nitrogens with zero attached hydrogens (tertiary/aromatic N) is 3. The van der Waals surface area contributed by atoms with Gasteiger partial charge in [0.15, 0.2) is 0 Å². The first kappa shape index (κ1) is 36.4. The molecular formula is C34H37F3N4O9S2. The summed E-state index contributed by atoms with van der Waals surface area (Å²) in [5, 5.41) is 0.00171. The quantitative estimate of drug-likeness (QED) is 0.205. The number of hydrogen-bond donors (Lipinski definition) is 1. The van der Waals surface area contributed by atoms with Gasteiger partial charge in [0.2, 0.25) is 15.9 Å². The molecule has 13 nitrogen and oxygen atoms in total. The lowest BCUT2D eigenvalue weighted by Crippen LogP contribution is -2.57. The molecule has 1 N–H and O–H groups in total. The van der Waals surface area contributed by atoms with Crippen LogP contribution < -0.4 is 20.7 Å². The Labute approximate surface area is 299 Å². The predicted octanol–water partition coefficient (Wildman–Crippen LogP) is 5.13. The van der Waals surface area contributed by atoms with Gasteiger partial charge in [-0.15, -0.1) is 11.3 Å². The number of thiophene rings is 1. The van der Waals surface area contributed by atoms with E-state index in [-0.39, 0.29) is 39.6 Å². The van der Waals surface area contributed by atoms with Crippen LogP contribution in [0.2, 0.25) is 0 Å². The third-order valence-corrected chi connectivity index (χ3v) is 13.7. The monoisotopic (exact) mass is 766 g/mol. The summed E-state index contributed by atoms with van der Waals surface area (Å²) in [5.74, 6) is -2.13. The highest BCUT2D eigenvalue weighted by atomic mass is 32.2. The summed E-state index contributed by atoms with van der Waals surface area (Å²) in [5.41, 5.74) is -3.74. The zero-order valence-corrected chi connectivity index (χ0v) is 30.3. The van der Waals surface area contributed by atoms with Crippen LogP contribution in [0.25, 0.3) is 21.0 Å². The van der Waals surface area contributed by atoms with E-state index in [0.717, 1.165) is 46.9 Å². The summed E-state index contributed by atoms with van der Waals surface area (Å²) in [4.78, 5) is 47.5. The molecule has 2 bridgehead atoms. The second-order valence-corrected chi connectivity index (χ2v) is 17.5. The van der Waals surface area contributed by atoms with Crippen LogP contribution in [0.15, 0.2) is 44.7 Å². The molecule has 4 aromatic rings. The standard InChI is InChI=1S/C34H37F3N4O9S2/c1-17-25-28(42)41(33(2,3)30(43)39-52(45,46)34(4)9-10-34)32(44)40(29(25)51-26(17)27-38-11-12-47-27)16-24(49-21-14-19-6-7-20(15-21)48-19)22-13-18(35)5-8-23(22)50-31(36)37/h5,8,11-13,19-21,24,31H,6-7,9-10,14-16H2,1-4H3,(H,39,43)/t19-,20?,21-,24+/m1/s1. The predicted molar refractivity (Wildman–Crippen MR) is 182 cm³/mol. The summed E-state index contributed by atoms with van der Waals surface area (Å²) in [6, 6.07) is 3.00. The van der Waals surface area contributed by atoms with Crippen molar-refractivity contribution in [1.82, 2.24) is 18.8 Å². The highest BCUT2D eigenvalue weighted by Gasteiger charge is 2.52. The fraction of sp³-hybridized carbons (Fsp3) is 0.529. The molecule has 280 valence electrons. The van der Waals surface area contributed by atoms with Crippen LogP contribution in [0.3, 0.4) is 0 Å². The van der Waals surface area contributed by atoms with Crippen LogP contribution in [0.4, 0.5) is 13.2 Å². The van der Waals surface area contributed by atoms with Gasteiger partial charge in [-0.3, -0.25) is 18.9 Å². The minimum atomic E-state index is -4.17. The molecular weight excluding hydrogens is 730 g/mol. The van der Waals surface area contributed by atoms with Crippen LogP contribution in [0.1, 0.15) is 76.5 Å². The highest BCUT2D eigenvalue weighted by molar-refractivity contribution is 7.91. The Bertz CT molecular complexity index is 2250. The maximum absolute atomic E-state index is 14.9. The van der Waals surface area contributed by atoms with Gasteiger partial charge in [-0.05, 0) is 90.0 Å². The molecule has 3 fully saturated rings. The van der Waals surface area contributed by atoms with Gasteiger partial charge in [0.25, 0.3) is 11.5 Å². The number of benzene rings is 1. The summed E-state index contributed by atoms with van der Waals surface area (Å²) in [6.45, 7) is 1.87. The zero-order chi connectivity index (χ0) is 37.3. The maximum atomic E-state index is 14.9. The summed E-state index contributed by atoms with van der Waals surface area (Å²) in [7, 11) is -4.17. The number of fused-ring (bicyclic) bond motifs is 3. The Balaban J connectivity index is 1.41. The van der Waals surface area contributed by atoms with Gasteiger partial charge in [-0.25, -0.2) is 27.2 Å². The minimum Gasteiger partial charge on any atom is -0.444 e. The Hall–Kier alpha value is -4.00. The minimum absolute atomic E-state index is 0.00171. The highest BCUT2D eigenvalue weighted by Crippen LogP contribution is 2.43. The third kappa shape index (κ3) is 6.47. The second kappa shape index (κ2) is 13.1. The van der Waals surface area contributed by atoms with Crippen molar-refractivity contribution >= 4 is 37.5 Å². The number of carbonyl (C=O) groups excluding carboxylic acids is 1. The lowest BCUT2D eigenvalue weighted by molar-refractivity contribution is -0.126. The maximum Gasteiger partial charge on any atom is 0.387 e. The number of aromatic nitrogens is 3. The Kier molecular flexibility index (Phi) is 9.19. The number of ether oxygens (including phenoxy) is 3. The normalized spacial score (nSPS) is 21.8. The molecule has 2 saturated heterocycles. The van der Waals surface area contributed by atoms with Gasteiger partial charge in [-0.2, -0.15) is 8.78 Å². The fourth-order valence-corrected chi connectivity index (χ4v) is 9.59. The first-order chi connectivity index (χ1) is 24.5. The van der Waals surface area contributed by atoms with Crippen molar-refractivity contribution in [2.75, 3.05) is 0 Å². The second-order valence-electron chi connectivity index (χ2n) is 14.3. The summed E-state index contributed by atoms with van der Waals surface area (Å²) >= 11 is 0.994. The molecule has 5 heterocycles. The average molecular weight is 767 g/mol. The number of oxazole rings is 1. The van der Waals surface area contributed by atoms with E-state index in [2.05, 4.69) is 9.71 Å². The van der Waals surface area contributed by atoms with Crippen LogP contribution >= 0.6 is 11.3 Å². The van der Waals surface area contributed by atoms with E-state index in [1.807, 2.05) is 0 Å². The van der Waals surface area contributed by atoms with Crippen LogP contribution in [-0.2, 0) is 36.4 Å². The largest absolute Gasteiger partial charge is 0.444 e. The SMILES string of the molecule is Cc1c(-c2ncco2)sc2c1c(=O)n(C(C)(C)C(=O)NS(=O)(=O)C1(C)CC1)c(=O)n2C[C@H](O[C@H]1CC2CC[C@H](C1)O2)c1cc(F)ccc1OC(F)F. The van der Waals surface area contributed by atoms with Crippen molar-refractivity contribution in [3.8, 4) is 16.5 Å². The lowest BCUT2D eigenvalue weighted by Gasteiger charge is -2.33. The Morgan fingerprint density at radius 1 is 1.19 bits per heavy atom. The molecule has 1 amide bonds. The molecule has 0 radical (unpaired) electrons. The van der Waals surface area contributed by atoms with Crippen LogP contribution in [0, 0.1) is 12.7 Å². The molecule has 1 aromatic carbocycles.